The molecule has 2 aliphatic rings. The molecule has 0 bridgehead atoms. The first-order valence-corrected chi connectivity index (χ1v) is 13.8. The number of rotatable bonds is 8. The Labute approximate surface area is 211 Å². The molecule has 13 heteroatoms. The topological polar surface area (TPSA) is 141 Å². The van der Waals surface area contributed by atoms with Crippen LogP contribution in [0.15, 0.2) is 46.4 Å². The Morgan fingerprint density at radius 2 is 1.86 bits per heavy atom. The lowest BCUT2D eigenvalue weighted by molar-refractivity contribution is -0.110. The Morgan fingerprint density at radius 1 is 1.08 bits per heavy atom. The Balaban J connectivity index is 1.40. The third kappa shape index (κ3) is 5.19. The summed E-state index contributed by atoms with van der Waals surface area (Å²) in [5.41, 5.74) is 1.06. The highest BCUT2D eigenvalue weighted by Gasteiger charge is 2.31. The first-order chi connectivity index (χ1) is 17.4. The molecule has 190 valence electrons. The molecule has 0 radical (unpaired) electrons. The van der Waals surface area contributed by atoms with Crippen molar-refractivity contribution in [2.24, 2.45) is 5.16 Å². The summed E-state index contributed by atoms with van der Waals surface area (Å²) in [6.07, 6.45) is 0.862. The van der Waals surface area contributed by atoms with Crippen molar-refractivity contribution >= 4 is 54.1 Å². The SMILES string of the molecule is CNc1ccc2nc(NC(=O)C(=NO[C@@H]3CCOC3)c3ccc(S(=O)(=O)[C@H]4CCOC4)cc3)sc2n1. The van der Waals surface area contributed by atoms with Crippen LogP contribution in [0.1, 0.15) is 18.4 Å². The number of anilines is 2. The number of nitrogens with one attached hydrogen (secondary N) is 2. The van der Waals surface area contributed by atoms with E-state index in [0.717, 1.165) is 0 Å². The summed E-state index contributed by atoms with van der Waals surface area (Å²) >= 11 is 1.23. The van der Waals surface area contributed by atoms with Gasteiger partial charge in [0.1, 0.15) is 16.2 Å². The zero-order valence-electron chi connectivity index (χ0n) is 19.5. The minimum Gasteiger partial charge on any atom is -0.389 e. The predicted octanol–water partition coefficient (Wildman–Crippen LogP) is 2.44. The standard InChI is InChI=1S/C23H25N5O6S2/c1-24-19-7-6-18-22(26-19)35-23(25-18)27-21(29)20(28-34-15-8-10-32-12-15)14-2-4-16(5-3-14)36(30,31)17-9-11-33-13-17/h2-7,15,17H,8-13H2,1H3,(H,24,26)(H,25,27,29)/t15-,17+/m1/s1. The number of hydrogen-bond acceptors (Lipinski definition) is 11. The van der Waals surface area contributed by atoms with Crippen LogP contribution >= 0.6 is 11.3 Å². The van der Waals surface area contributed by atoms with E-state index in [0.29, 0.717) is 59.5 Å². The zero-order valence-corrected chi connectivity index (χ0v) is 21.1. The number of fused-ring (bicyclic) bond motifs is 1. The Morgan fingerprint density at radius 3 is 2.56 bits per heavy atom. The third-order valence-electron chi connectivity index (χ3n) is 5.91. The maximum Gasteiger partial charge on any atom is 0.280 e. The van der Waals surface area contributed by atoms with Crippen molar-refractivity contribution in [3.63, 3.8) is 0 Å². The van der Waals surface area contributed by atoms with Gasteiger partial charge in [0.15, 0.2) is 26.8 Å². The van der Waals surface area contributed by atoms with Crippen molar-refractivity contribution in [1.82, 2.24) is 9.97 Å². The number of amides is 1. The highest BCUT2D eigenvalue weighted by molar-refractivity contribution is 7.92. The molecular weight excluding hydrogens is 506 g/mol. The van der Waals surface area contributed by atoms with Gasteiger partial charge in [-0.1, -0.05) is 28.6 Å². The Hall–Kier alpha value is -3.13. The van der Waals surface area contributed by atoms with Crippen LogP contribution in [-0.2, 0) is 28.9 Å². The number of oxime groups is 1. The lowest BCUT2D eigenvalue weighted by Gasteiger charge is -2.12. The number of hydrogen-bond donors (Lipinski definition) is 2. The first-order valence-electron chi connectivity index (χ1n) is 11.4. The summed E-state index contributed by atoms with van der Waals surface area (Å²) < 4.78 is 36.3. The van der Waals surface area contributed by atoms with E-state index in [1.165, 1.54) is 23.5 Å². The molecule has 11 nitrogen and oxygen atoms in total. The predicted molar refractivity (Wildman–Crippen MR) is 135 cm³/mol. The lowest BCUT2D eigenvalue weighted by atomic mass is 10.1. The smallest absolute Gasteiger partial charge is 0.280 e. The molecule has 5 rings (SSSR count). The molecule has 2 N–H and O–H groups in total. The number of carbonyl (C=O) groups is 1. The molecule has 2 aliphatic heterocycles. The summed E-state index contributed by atoms with van der Waals surface area (Å²) in [6.45, 7) is 1.56. The van der Waals surface area contributed by atoms with Crippen LogP contribution in [-0.4, -0.2) is 74.8 Å². The minimum atomic E-state index is -3.53. The molecule has 2 aromatic heterocycles. The monoisotopic (exact) mass is 531 g/mol. The van der Waals surface area contributed by atoms with Crippen molar-refractivity contribution in [3.8, 4) is 0 Å². The molecule has 2 fully saturated rings. The van der Waals surface area contributed by atoms with Crippen molar-refractivity contribution in [2.45, 2.75) is 29.1 Å². The van der Waals surface area contributed by atoms with Crippen LogP contribution in [0.5, 0.6) is 0 Å². The van der Waals surface area contributed by atoms with Crippen LogP contribution in [0.3, 0.4) is 0 Å². The first kappa shape index (κ1) is 24.6. The Kier molecular flexibility index (Phi) is 7.14. The Bertz CT molecular complexity index is 1380. The minimum absolute atomic E-state index is 0.00169. The van der Waals surface area contributed by atoms with Crippen molar-refractivity contribution in [3.05, 3.63) is 42.0 Å². The van der Waals surface area contributed by atoms with Gasteiger partial charge in [0.2, 0.25) is 0 Å². The van der Waals surface area contributed by atoms with E-state index < -0.39 is 21.0 Å². The molecule has 3 aromatic rings. The summed E-state index contributed by atoms with van der Waals surface area (Å²) in [7, 11) is -1.76. The van der Waals surface area contributed by atoms with Crippen LogP contribution in [0.2, 0.25) is 0 Å². The van der Waals surface area contributed by atoms with E-state index in [1.807, 2.05) is 6.07 Å². The van der Waals surface area contributed by atoms with Crippen molar-refractivity contribution in [2.75, 3.05) is 44.1 Å². The number of thiazole rings is 1. The highest BCUT2D eigenvalue weighted by atomic mass is 32.2. The summed E-state index contributed by atoms with van der Waals surface area (Å²) in [5, 5.41) is 9.65. The van der Waals surface area contributed by atoms with E-state index >= 15 is 0 Å². The molecule has 0 spiro atoms. The number of nitrogens with zero attached hydrogens (tertiary/aromatic N) is 3. The van der Waals surface area contributed by atoms with Gasteiger partial charge in [-0.3, -0.25) is 10.1 Å². The molecule has 2 atom stereocenters. The van der Waals surface area contributed by atoms with E-state index in [1.54, 1.807) is 25.2 Å². The summed E-state index contributed by atoms with van der Waals surface area (Å²) in [6, 6.07) is 9.67. The zero-order chi connectivity index (χ0) is 25.1. The van der Waals surface area contributed by atoms with Gasteiger partial charge >= 0.3 is 0 Å². The van der Waals surface area contributed by atoms with Crippen LogP contribution in [0.25, 0.3) is 10.3 Å². The maximum absolute atomic E-state index is 13.3. The second-order valence-electron chi connectivity index (χ2n) is 8.33. The number of benzene rings is 1. The largest absolute Gasteiger partial charge is 0.389 e. The van der Waals surface area contributed by atoms with Gasteiger partial charge in [-0.2, -0.15) is 0 Å². The van der Waals surface area contributed by atoms with Gasteiger partial charge in [-0.05, 0) is 30.7 Å². The van der Waals surface area contributed by atoms with E-state index in [2.05, 4.69) is 25.8 Å². The maximum atomic E-state index is 13.3. The number of ether oxygens (including phenoxy) is 2. The molecule has 0 saturated carbocycles. The van der Waals surface area contributed by atoms with E-state index in [9.17, 15) is 13.2 Å². The van der Waals surface area contributed by atoms with Crippen LogP contribution in [0, 0.1) is 0 Å². The normalized spacial score (nSPS) is 20.5. The van der Waals surface area contributed by atoms with Gasteiger partial charge in [-0.25, -0.2) is 18.4 Å². The average molecular weight is 532 g/mol. The molecule has 0 unspecified atom stereocenters. The fraction of sp³-hybridized carbons (Fsp3) is 0.391. The number of pyridine rings is 1. The van der Waals surface area contributed by atoms with Gasteiger partial charge in [0.05, 0.1) is 30.0 Å². The van der Waals surface area contributed by atoms with Crippen molar-refractivity contribution < 1.29 is 27.5 Å². The summed E-state index contributed by atoms with van der Waals surface area (Å²) in [5.74, 6) is 0.152. The second kappa shape index (κ2) is 10.5. The van der Waals surface area contributed by atoms with Crippen LogP contribution < -0.4 is 10.6 Å². The molecule has 4 heterocycles. The van der Waals surface area contributed by atoms with E-state index in [-0.39, 0.29) is 23.3 Å². The van der Waals surface area contributed by atoms with Crippen LogP contribution in [0.4, 0.5) is 10.9 Å². The quantitative estimate of drug-likeness (QED) is 0.331. The number of carbonyl (C=O) groups excluding carboxylic acids is 1. The molecular formula is C23H25N5O6S2. The lowest BCUT2D eigenvalue weighted by Crippen LogP contribution is -2.25. The summed E-state index contributed by atoms with van der Waals surface area (Å²) in [4.78, 5) is 28.5. The fourth-order valence-corrected chi connectivity index (χ4v) is 6.28. The number of sulfone groups is 1. The molecule has 36 heavy (non-hydrogen) atoms. The van der Waals surface area contributed by atoms with E-state index in [4.69, 9.17) is 14.3 Å². The van der Waals surface area contributed by atoms with Gasteiger partial charge in [0.25, 0.3) is 5.91 Å². The second-order valence-corrected chi connectivity index (χ2v) is 11.5. The van der Waals surface area contributed by atoms with Gasteiger partial charge in [-0.15, -0.1) is 0 Å². The molecule has 0 aliphatic carbocycles. The molecule has 1 amide bonds. The average Bonchev–Trinajstić information content (AvgIpc) is 3.66. The fourth-order valence-electron chi connectivity index (χ4n) is 3.87. The molecule has 2 saturated heterocycles. The van der Waals surface area contributed by atoms with Gasteiger partial charge < -0.3 is 19.6 Å². The number of aromatic nitrogens is 2. The van der Waals surface area contributed by atoms with Crippen molar-refractivity contribution in [1.29, 1.82) is 0 Å². The van der Waals surface area contributed by atoms with Gasteiger partial charge in [0, 0.05) is 25.6 Å². The molecule has 1 aromatic carbocycles. The third-order valence-corrected chi connectivity index (χ3v) is 8.97. The highest BCUT2D eigenvalue weighted by Crippen LogP contribution is 2.26.